The number of hydrogen-bond donors (Lipinski definition) is 1. The van der Waals surface area contributed by atoms with E-state index in [0.29, 0.717) is 37.8 Å². The van der Waals surface area contributed by atoms with Gasteiger partial charge >= 0.3 is 0 Å². The fourth-order valence-electron chi connectivity index (χ4n) is 3.58. The number of ether oxygens (including phenoxy) is 1. The highest BCUT2D eigenvalue weighted by Gasteiger charge is 2.39. The molecule has 2 unspecified atom stereocenters. The van der Waals surface area contributed by atoms with Crippen molar-refractivity contribution in [3.8, 4) is 0 Å². The molecule has 0 aromatic heterocycles. The van der Waals surface area contributed by atoms with Crippen LogP contribution in [-0.2, 0) is 14.3 Å². The minimum atomic E-state index is -0.285. The van der Waals surface area contributed by atoms with Gasteiger partial charge in [-0.3, -0.25) is 9.59 Å². The maximum absolute atomic E-state index is 13.1. The lowest BCUT2D eigenvalue weighted by atomic mass is 9.99. The molecule has 2 aliphatic heterocycles. The number of nitrogens with zero attached hydrogens (tertiary/aromatic N) is 2. The summed E-state index contributed by atoms with van der Waals surface area (Å²) in [6.07, 6.45) is 0.279. The predicted octanol–water partition coefficient (Wildman–Crippen LogP) is 1.73. The summed E-state index contributed by atoms with van der Waals surface area (Å²) in [4.78, 5) is 28.9. The van der Waals surface area contributed by atoms with E-state index in [2.05, 4.69) is 5.32 Å². The Kier molecular flexibility index (Phi) is 7.70. The topological polar surface area (TPSA) is 61.9 Å². The van der Waals surface area contributed by atoms with Crippen molar-refractivity contribution in [2.75, 3.05) is 46.4 Å². The number of likely N-dealkylation sites (tertiary alicyclic amines) is 1. The van der Waals surface area contributed by atoms with Gasteiger partial charge in [0.15, 0.2) is 0 Å². The van der Waals surface area contributed by atoms with Crippen molar-refractivity contribution < 1.29 is 14.3 Å². The Balaban J connectivity index is 0.00000243. The van der Waals surface area contributed by atoms with Gasteiger partial charge in [0.2, 0.25) is 11.8 Å². The Morgan fingerprint density at radius 3 is 2.88 bits per heavy atom. The molecule has 3 rings (SSSR count). The summed E-state index contributed by atoms with van der Waals surface area (Å²) < 4.78 is 5.04. The molecule has 0 aliphatic carbocycles. The summed E-state index contributed by atoms with van der Waals surface area (Å²) >= 11 is 6.35. The molecule has 2 saturated heterocycles. The van der Waals surface area contributed by atoms with Crippen LogP contribution in [0.25, 0.3) is 0 Å². The van der Waals surface area contributed by atoms with Crippen molar-refractivity contribution in [2.24, 2.45) is 5.92 Å². The van der Waals surface area contributed by atoms with Gasteiger partial charge in [-0.25, -0.2) is 0 Å². The lowest BCUT2D eigenvalue weighted by molar-refractivity contribution is -0.139. The number of carbonyl (C=O) groups excluding carboxylic acids is 2. The van der Waals surface area contributed by atoms with Crippen LogP contribution in [0.15, 0.2) is 24.3 Å². The van der Waals surface area contributed by atoms with E-state index in [4.69, 9.17) is 16.3 Å². The highest BCUT2D eigenvalue weighted by atomic mass is 35.5. The molecule has 6 nitrogen and oxygen atoms in total. The van der Waals surface area contributed by atoms with Crippen molar-refractivity contribution in [3.05, 3.63) is 34.9 Å². The highest BCUT2D eigenvalue weighted by Crippen LogP contribution is 2.31. The van der Waals surface area contributed by atoms with Gasteiger partial charge in [-0.2, -0.15) is 0 Å². The average molecular weight is 402 g/mol. The molecule has 144 valence electrons. The first-order chi connectivity index (χ1) is 12.1. The Morgan fingerprint density at radius 2 is 2.15 bits per heavy atom. The third kappa shape index (κ3) is 4.49. The number of methoxy groups -OCH3 is 1. The van der Waals surface area contributed by atoms with Crippen LogP contribution in [0.4, 0.5) is 0 Å². The monoisotopic (exact) mass is 401 g/mol. The molecule has 1 N–H and O–H groups in total. The average Bonchev–Trinajstić information content (AvgIpc) is 3.00. The molecule has 1 aromatic carbocycles. The quantitative estimate of drug-likeness (QED) is 0.815. The van der Waals surface area contributed by atoms with Crippen molar-refractivity contribution in [3.63, 3.8) is 0 Å². The fourth-order valence-corrected chi connectivity index (χ4v) is 3.84. The van der Waals surface area contributed by atoms with Crippen LogP contribution in [0, 0.1) is 5.92 Å². The maximum atomic E-state index is 13.1. The number of halogens is 2. The Morgan fingerprint density at radius 1 is 1.38 bits per heavy atom. The Labute approximate surface area is 165 Å². The molecular weight excluding hydrogens is 377 g/mol. The molecule has 0 saturated carbocycles. The standard InChI is InChI=1S/C18H24ClN3O3.ClH/c1-25-9-8-21-12-13(10-17(21)23)18(24)22-7-6-20-11-16(22)14-4-2-3-5-15(14)19;/h2-5,13,16,20H,6-12H2,1H3;1H. The van der Waals surface area contributed by atoms with E-state index in [0.717, 1.165) is 12.1 Å². The van der Waals surface area contributed by atoms with Gasteiger partial charge in [0.05, 0.1) is 18.6 Å². The molecule has 2 amide bonds. The maximum Gasteiger partial charge on any atom is 0.228 e. The third-order valence-electron chi connectivity index (χ3n) is 4.92. The number of nitrogens with one attached hydrogen (secondary N) is 1. The predicted molar refractivity (Wildman–Crippen MR) is 103 cm³/mol. The Bertz CT molecular complexity index is 644. The second-order valence-corrected chi connectivity index (χ2v) is 6.91. The van der Waals surface area contributed by atoms with Gasteiger partial charge in [-0.15, -0.1) is 12.4 Å². The van der Waals surface area contributed by atoms with Crippen molar-refractivity contribution in [1.29, 1.82) is 0 Å². The zero-order valence-corrected chi connectivity index (χ0v) is 16.4. The molecule has 2 aliphatic rings. The molecule has 8 heteroatoms. The summed E-state index contributed by atoms with van der Waals surface area (Å²) in [5, 5.41) is 4.00. The van der Waals surface area contributed by atoms with E-state index in [1.165, 1.54) is 0 Å². The van der Waals surface area contributed by atoms with Crippen LogP contribution in [0.3, 0.4) is 0 Å². The van der Waals surface area contributed by atoms with Crippen LogP contribution in [-0.4, -0.2) is 68.1 Å². The first-order valence-electron chi connectivity index (χ1n) is 8.64. The molecule has 2 atom stereocenters. The van der Waals surface area contributed by atoms with E-state index >= 15 is 0 Å². The number of carbonyl (C=O) groups is 2. The van der Waals surface area contributed by atoms with Crippen LogP contribution < -0.4 is 5.32 Å². The number of amides is 2. The van der Waals surface area contributed by atoms with Gasteiger partial charge in [-0.1, -0.05) is 29.8 Å². The molecular formula is C18H25Cl2N3O3. The molecule has 0 radical (unpaired) electrons. The molecule has 2 heterocycles. The first kappa shape index (κ1) is 21.0. The van der Waals surface area contributed by atoms with Crippen LogP contribution >= 0.6 is 24.0 Å². The smallest absolute Gasteiger partial charge is 0.228 e. The largest absolute Gasteiger partial charge is 0.383 e. The zero-order valence-electron chi connectivity index (χ0n) is 14.8. The number of benzene rings is 1. The highest BCUT2D eigenvalue weighted by molar-refractivity contribution is 6.31. The van der Waals surface area contributed by atoms with Crippen LogP contribution in [0.5, 0.6) is 0 Å². The van der Waals surface area contributed by atoms with Crippen LogP contribution in [0.1, 0.15) is 18.0 Å². The van der Waals surface area contributed by atoms with E-state index < -0.39 is 0 Å². The number of rotatable bonds is 5. The fraction of sp³-hybridized carbons (Fsp3) is 0.556. The molecule has 0 bridgehead atoms. The third-order valence-corrected chi connectivity index (χ3v) is 5.26. The van der Waals surface area contributed by atoms with Gasteiger partial charge in [0, 0.05) is 51.3 Å². The SMILES string of the molecule is COCCN1CC(C(=O)N2CCNCC2c2ccccc2Cl)CC1=O.Cl. The van der Waals surface area contributed by atoms with E-state index in [-0.39, 0.29) is 42.6 Å². The second-order valence-electron chi connectivity index (χ2n) is 6.51. The van der Waals surface area contributed by atoms with Crippen molar-refractivity contribution >= 4 is 35.8 Å². The van der Waals surface area contributed by atoms with E-state index in [1.807, 2.05) is 29.2 Å². The lowest BCUT2D eigenvalue weighted by Gasteiger charge is -2.38. The van der Waals surface area contributed by atoms with Crippen molar-refractivity contribution in [2.45, 2.75) is 12.5 Å². The lowest BCUT2D eigenvalue weighted by Crippen LogP contribution is -2.50. The van der Waals surface area contributed by atoms with Crippen LogP contribution in [0.2, 0.25) is 5.02 Å². The molecule has 1 aromatic rings. The summed E-state index contributed by atoms with van der Waals surface area (Å²) in [6, 6.07) is 7.53. The first-order valence-corrected chi connectivity index (χ1v) is 9.02. The second kappa shape index (κ2) is 9.55. The van der Waals surface area contributed by atoms with Gasteiger partial charge in [-0.05, 0) is 11.6 Å². The number of hydrogen-bond acceptors (Lipinski definition) is 4. The molecule has 2 fully saturated rings. The van der Waals surface area contributed by atoms with Gasteiger partial charge < -0.3 is 19.9 Å². The van der Waals surface area contributed by atoms with Crippen molar-refractivity contribution in [1.82, 2.24) is 15.1 Å². The van der Waals surface area contributed by atoms with Gasteiger partial charge in [0.1, 0.15) is 0 Å². The molecule has 0 spiro atoms. The van der Waals surface area contributed by atoms with E-state index in [1.54, 1.807) is 12.0 Å². The summed E-state index contributed by atoms with van der Waals surface area (Å²) in [5.74, 6) is -0.216. The zero-order chi connectivity index (χ0) is 17.8. The summed E-state index contributed by atoms with van der Waals surface area (Å²) in [5.41, 5.74) is 0.949. The summed E-state index contributed by atoms with van der Waals surface area (Å²) in [6.45, 7) is 3.54. The normalized spacial score (nSPS) is 23.1. The summed E-state index contributed by atoms with van der Waals surface area (Å²) in [7, 11) is 1.61. The van der Waals surface area contributed by atoms with Gasteiger partial charge in [0.25, 0.3) is 0 Å². The minimum Gasteiger partial charge on any atom is -0.383 e. The van der Waals surface area contributed by atoms with E-state index in [9.17, 15) is 9.59 Å². The minimum absolute atomic E-state index is 0. The molecule has 26 heavy (non-hydrogen) atoms. The number of piperazine rings is 1. The Hall–Kier alpha value is -1.34.